The Kier molecular flexibility index (Phi) is 5.96. The monoisotopic (exact) mass is 459 g/mol. The second kappa shape index (κ2) is 8.58. The van der Waals surface area contributed by atoms with Gasteiger partial charge in [0.05, 0.1) is 41.0 Å². The summed E-state index contributed by atoms with van der Waals surface area (Å²) < 4.78 is 39.6. The minimum Gasteiger partial charge on any atom is -0.393 e. The van der Waals surface area contributed by atoms with Gasteiger partial charge in [-0.25, -0.2) is 9.67 Å². The predicted molar refractivity (Wildman–Crippen MR) is 115 cm³/mol. The van der Waals surface area contributed by atoms with Crippen LogP contribution in [0.2, 0.25) is 0 Å². The van der Waals surface area contributed by atoms with Crippen LogP contribution in [0, 0.1) is 6.92 Å². The van der Waals surface area contributed by atoms with Crippen molar-refractivity contribution in [1.29, 1.82) is 0 Å². The van der Waals surface area contributed by atoms with E-state index in [0.717, 1.165) is 43.6 Å². The van der Waals surface area contributed by atoms with Crippen LogP contribution < -0.4 is 5.32 Å². The summed E-state index contributed by atoms with van der Waals surface area (Å²) >= 11 is 0. The Morgan fingerprint density at radius 3 is 2.42 bits per heavy atom. The lowest BCUT2D eigenvalue weighted by Gasteiger charge is -2.35. The van der Waals surface area contributed by atoms with E-state index in [4.69, 9.17) is 0 Å². The predicted octanol–water partition coefficient (Wildman–Crippen LogP) is 4.43. The Hall–Kier alpha value is -3.27. The number of halogens is 3. The molecule has 0 aromatic carbocycles. The number of aliphatic hydroxyl groups is 1. The zero-order chi connectivity index (χ0) is 23.8. The number of nitrogens with zero attached hydrogens (tertiary/aromatic N) is 4. The molecule has 2 N–H and O–H groups in total. The average Bonchev–Trinajstić information content (AvgIpc) is 3.17. The number of aliphatic hydroxyl groups excluding tert-OH is 1. The molecule has 0 aliphatic heterocycles. The van der Waals surface area contributed by atoms with Gasteiger partial charge in [0, 0.05) is 17.3 Å². The van der Waals surface area contributed by atoms with Crippen LogP contribution in [0.1, 0.15) is 59.9 Å². The van der Waals surface area contributed by atoms with Crippen molar-refractivity contribution in [3.05, 3.63) is 65.4 Å². The van der Waals surface area contributed by atoms with Gasteiger partial charge in [-0.15, -0.1) is 0 Å². The average molecular weight is 459 g/mol. The quantitative estimate of drug-likeness (QED) is 0.602. The zero-order valence-corrected chi connectivity index (χ0v) is 18.2. The van der Waals surface area contributed by atoms with Crippen LogP contribution in [0.5, 0.6) is 0 Å². The van der Waals surface area contributed by atoms with Crippen molar-refractivity contribution >= 4 is 11.6 Å². The molecule has 1 fully saturated rings. The van der Waals surface area contributed by atoms with E-state index >= 15 is 0 Å². The van der Waals surface area contributed by atoms with E-state index in [-0.39, 0.29) is 22.9 Å². The first-order chi connectivity index (χ1) is 15.6. The molecule has 174 valence electrons. The largest absolute Gasteiger partial charge is 0.417 e. The van der Waals surface area contributed by atoms with Gasteiger partial charge in [-0.2, -0.15) is 18.3 Å². The molecule has 0 unspecified atom stereocenters. The summed E-state index contributed by atoms with van der Waals surface area (Å²) in [5.41, 5.74) is 1.19. The molecule has 3 aromatic heterocycles. The highest BCUT2D eigenvalue weighted by Crippen LogP contribution is 2.38. The molecule has 1 aliphatic carbocycles. The topological polar surface area (TPSA) is 92.9 Å². The van der Waals surface area contributed by atoms with E-state index in [1.54, 1.807) is 19.2 Å². The van der Waals surface area contributed by atoms with Crippen LogP contribution in [0.3, 0.4) is 0 Å². The third-order valence-corrected chi connectivity index (χ3v) is 6.25. The maximum absolute atomic E-state index is 12.8. The van der Waals surface area contributed by atoms with Crippen LogP contribution >= 0.6 is 0 Å². The molecule has 3 aromatic rings. The summed E-state index contributed by atoms with van der Waals surface area (Å²) in [6.45, 7) is 3.77. The summed E-state index contributed by atoms with van der Waals surface area (Å²) in [5, 5.41) is 16.6. The number of carbonyl (C=O) groups excluding carboxylic acids is 1. The molecule has 4 rings (SSSR count). The number of rotatable bonds is 4. The molecule has 10 heteroatoms. The summed E-state index contributed by atoms with van der Waals surface area (Å²) in [6, 6.07) is 5.80. The van der Waals surface area contributed by atoms with E-state index in [0.29, 0.717) is 11.4 Å². The fraction of sp³-hybridized carbons (Fsp3) is 0.391. The van der Waals surface area contributed by atoms with E-state index in [1.165, 1.54) is 16.9 Å². The summed E-state index contributed by atoms with van der Waals surface area (Å²) in [5.74, 6) is -0.233. The minimum atomic E-state index is -4.48. The molecule has 1 aliphatic rings. The maximum atomic E-state index is 12.8. The third kappa shape index (κ3) is 4.75. The second-order valence-electron chi connectivity index (χ2n) is 8.64. The lowest BCUT2D eigenvalue weighted by molar-refractivity contribution is -0.137. The van der Waals surface area contributed by atoms with Crippen molar-refractivity contribution in [3.8, 4) is 5.82 Å². The Balaban J connectivity index is 1.47. The van der Waals surface area contributed by atoms with Gasteiger partial charge in [0.15, 0.2) is 5.82 Å². The van der Waals surface area contributed by atoms with Crippen LogP contribution in [-0.4, -0.2) is 36.9 Å². The summed E-state index contributed by atoms with van der Waals surface area (Å²) in [6.07, 6.45) is 2.14. The lowest BCUT2D eigenvalue weighted by Crippen LogP contribution is -2.31. The molecular formula is C23H24F3N5O2. The fourth-order valence-corrected chi connectivity index (χ4v) is 4.06. The molecule has 7 nitrogen and oxygen atoms in total. The highest BCUT2D eigenvalue weighted by atomic mass is 19.4. The Morgan fingerprint density at radius 1 is 1.12 bits per heavy atom. The summed E-state index contributed by atoms with van der Waals surface area (Å²) in [4.78, 5) is 21.1. The highest BCUT2D eigenvalue weighted by molar-refractivity contribution is 6.04. The molecule has 33 heavy (non-hydrogen) atoms. The van der Waals surface area contributed by atoms with Gasteiger partial charge in [-0.1, -0.05) is 6.92 Å². The molecule has 0 radical (unpaired) electrons. The molecule has 0 atom stereocenters. The van der Waals surface area contributed by atoms with E-state index in [1.807, 2.05) is 6.07 Å². The maximum Gasteiger partial charge on any atom is 0.417 e. The first-order valence-electron chi connectivity index (χ1n) is 10.6. The number of amides is 1. The van der Waals surface area contributed by atoms with Crippen LogP contribution in [0.25, 0.3) is 5.82 Å². The Bertz CT molecular complexity index is 1130. The van der Waals surface area contributed by atoms with E-state index in [9.17, 15) is 23.1 Å². The number of hydrogen-bond donors (Lipinski definition) is 2. The number of aromatic nitrogens is 4. The minimum absolute atomic E-state index is 0.103. The Labute approximate surface area is 188 Å². The number of pyridine rings is 2. The first kappa shape index (κ1) is 22.9. The van der Waals surface area contributed by atoms with Gasteiger partial charge < -0.3 is 10.4 Å². The number of alkyl halides is 3. The van der Waals surface area contributed by atoms with Crippen molar-refractivity contribution < 1.29 is 23.1 Å². The van der Waals surface area contributed by atoms with Crippen molar-refractivity contribution in [1.82, 2.24) is 19.7 Å². The molecule has 3 heterocycles. The van der Waals surface area contributed by atoms with Gasteiger partial charge in [0.25, 0.3) is 5.91 Å². The van der Waals surface area contributed by atoms with Crippen molar-refractivity contribution in [3.63, 3.8) is 0 Å². The van der Waals surface area contributed by atoms with E-state index < -0.39 is 17.6 Å². The standard InChI is InChI=1S/C23H24F3N5O2/c1-14-18(13-29-31(14)20-6-3-15(11-28-20)23(24,25)26)21(33)30-16-4-5-19(27-12-16)22(2)9-7-17(32)8-10-22/h3-6,11-13,17,32H,7-10H2,1-2H3,(H,30,33)/t17-,22-. The normalized spacial score (nSPS) is 21.1. The van der Waals surface area contributed by atoms with Gasteiger partial charge >= 0.3 is 6.18 Å². The molecule has 0 spiro atoms. The molecule has 1 saturated carbocycles. The highest BCUT2D eigenvalue weighted by Gasteiger charge is 2.33. The fourth-order valence-electron chi connectivity index (χ4n) is 4.06. The Morgan fingerprint density at radius 2 is 1.85 bits per heavy atom. The van der Waals surface area contributed by atoms with Gasteiger partial charge in [0.2, 0.25) is 0 Å². The molecule has 0 bridgehead atoms. The SMILES string of the molecule is Cc1c(C(=O)Nc2ccc([C@]3(C)CC[C@@H](O)CC3)nc2)cnn1-c1ccc(C(F)(F)F)cn1. The summed E-state index contributed by atoms with van der Waals surface area (Å²) in [7, 11) is 0. The number of hydrogen-bond acceptors (Lipinski definition) is 5. The number of carbonyl (C=O) groups is 1. The van der Waals surface area contributed by atoms with Crippen LogP contribution in [0.15, 0.2) is 42.9 Å². The van der Waals surface area contributed by atoms with Gasteiger partial charge in [-0.05, 0) is 56.9 Å². The first-order valence-corrected chi connectivity index (χ1v) is 10.6. The van der Waals surface area contributed by atoms with Gasteiger partial charge in [0.1, 0.15) is 0 Å². The van der Waals surface area contributed by atoms with Crippen LogP contribution in [-0.2, 0) is 11.6 Å². The van der Waals surface area contributed by atoms with E-state index in [2.05, 4.69) is 27.3 Å². The smallest absolute Gasteiger partial charge is 0.393 e. The third-order valence-electron chi connectivity index (χ3n) is 6.25. The number of anilines is 1. The van der Waals surface area contributed by atoms with Crippen molar-refractivity contribution in [2.45, 2.75) is 57.2 Å². The van der Waals surface area contributed by atoms with Crippen LogP contribution in [0.4, 0.5) is 18.9 Å². The van der Waals surface area contributed by atoms with Crippen molar-refractivity contribution in [2.24, 2.45) is 0 Å². The number of nitrogens with one attached hydrogen (secondary N) is 1. The van der Waals surface area contributed by atoms with Gasteiger partial charge in [-0.3, -0.25) is 9.78 Å². The molecule has 1 amide bonds. The molecule has 0 saturated heterocycles. The zero-order valence-electron chi connectivity index (χ0n) is 18.2. The second-order valence-corrected chi connectivity index (χ2v) is 8.64. The lowest BCUT2D eigenvalue weighted by atomic mass is 9.72. The van der Waals surface area contributed by atoms with Crippen molar-refractivity contribution in [2.75, 3.05) is 5.32 Å². The molecular weight excluding hydrogens is 435 g/mol.